The van der Waals surface area contributed by atoms with Crippen molar-refractivity contribution in [3.63, 3.8) is 0 Å². The third-order valence-electron chi connectivity index (χ3n) is 11.2. The topological polar surface area (TPSA) is 105 Å². The minimum atomic E-state index is -0.335. The molecule has 0 bridgehead atoms. The summed E-state index contributed by atoms with van der Waals surface area (Å²) in [5.41, 5.74) is 3.61. The van der Waals surface area contributed by atoms with E-state index >= 15 is 0 Å². The van der Waals surface area contributed by atoms with Crippen LogP contribution >= 0.6 is 11.3 Å². The molecule has 9 nitrogen and oxygen atoms in total. The second-order valence-corrected chi connectivity index (χ2v) is 15.8. The van der Waals surface area contributed by atoms with Crippen LogP contribution in [-0.4, -0.2) is 70.9 Å². The summed E-state index contributed by atoms with van der Waals surface area (Å²) in [5.74, 6) is 3.18. The van der Waals surface area contributed by atoms with Gasteiger partial charge >= 0.3 is 6.09 Å². The zero-order valence-corrected chi connectivity index (χ0v) is 29.7. The summed E-state index contributed by atoms with van der Waals surface area (Å²) in [4.78, 5) is 41.5. The Labute approximate surface area is 294 Å². The fourth-order valence-corrected chi connectivity index (χ4v) is 9.04. The summed E-state index contributed by atoms with van der Waals surface area (Å²) in [6.07, 6.45) is 13.7. The highest BCUT2D eigenvalue weighted by Crippen LogP contribution is 2.44. The van der Waals surface area contributed by atoms with E-state index in [1.54, 1.807) is 23.3 Å². The summed E-state index contributed by atoms with van der Waals surface area (Å²) in [7, 11) is 1.72. The lowest BCUT2D eigenvalue weighted by Crippen LogP contribution is -2.44. The third-order valence-corrected chi connectivity index (χ3v) is 12.4. The van der Waals surface area contributed by atoms with Crippen molar-refractivity contribution < 1.29 is 24.2 Å². The average molecular weight is 687 g/mol. The van der Waals surface area contributed by atoms with E-state index in [2.05, 4.69) is 31.2 Å². The number of ether oxygens (including phenoxy) is 2. The van der Waals surface area contributed by atoms with Gasteiger partial charge in [0.25, 0.3) is 0 Å². The number of hydrogen-bond donors (Lipinski definition) is 1. The molecule has 7 rings (SSSR count). The Bertz CT molecular complexity index is 1600. The maximum absolute atomic E-state index is 14.4. The van der Waals surface area contributed by atoms with Crippen LogP contribution in [0.3, 0.4) is 0 Å². The molecule has 4 fully saturated rings. The number of aromatic nitrogens is 2. The molecule has 1 aromatic carbocycles. The van der Waals surface area contributed by atoms with Gasteiger partial charge in [0.05, 0.1) is 23.1 Å². The largest absolute Gasteiger partial charge is 0.496 e. The highest BCUT2D eigenvalue weighted by Gasteiger charge is 2.35. The summed E-state index contributed by atoms with van der Waals surface area (Å²) in [5, 5.41) is 11.0. The van der Waals surface area contributed by atoms with Crippen LogP contribution in [0.4, 0.5) is 10.6 Å². The fraction of sp³-hybridized carbons (Fsp3) is 0.590. The lowest BCUT2D eigenvalue weighted by Gasteiger charge is -2.36. The zero-order chi connectivity index (χ0) is 33.9. The van der Waals surface area contributed by atoms with Gasteiger partial charge in [0, 0.05) is 43.9 Å². The SMILES string of the molecule is COc1ccc(C2CCC(CN(C(=O)C3CCC(OC(=O)N4CCC(O)CC4)CC3)c3cc(-c4cnc(C5CC5)s4)ccn3)CC2)cc1C. The van der Waals surface area contributed by atoms with Crippen LogP contribution in [0.1, 0.15) is 105 Å². The molecule has 10 heteroatoms. The predicted octanol–water partition coefficient (Wildman–Crippen LogP) is 7.86. The number of hydrogen-bond acceptors (Lipinski definition) is 8. The first-order valence-electron chi connectivity index (χ1n) is 18.4. The molecule has 0 unspecified atom stereocenters. The van der Waals surface area contributed by atoms with E-state index in [0.29, 0.717) is 75.9 Å². The number of aliphatic hydroxyl groups is 1. The van der Waals surface area contributed by atoms with Crippen molar-refractivity contribution in [3.05, 3.63) is 58.9 Å². The van der Waals surface area contributed by atoms with E-state index in [9.17, 15) is 14.7 Å². The van der Waals surface area contributed by atoms with E-state index < -0.39 is 0 Å². The molecule has 1 saturated heterocycles. The molecule has 1 N–H and O–H groups in total. The number of aliphatic hydroxyl groups excluding tert-OH is 1. The van der Waals surface area contributed by atoms with Gasteiger partial charge in [-0.3, -0.25) is 9.69 Å². The molecule has 3 saturated carbocycles. The Kier molecular flexibility index (Phi) is 10.5. The number of benzene rings is 1. The number of rotatable bonds is 9. The van der Waals surface area contributed by atoms with Crippen molar-refractivity contribution in [2.45, 2.75) is 108 Å². The normalized spacial score (nSPS) is 24.8. The van der Waals surface area contributed by atoms with Gasteiger partial charge < -0.3 is 19.5 Å². The first kappa shape index (κ1) is 34.0. The van der Waals surface area contributed by atoms with Crippen molar-refractivity contribution in [1.82, 2.24) is 14.9 Å². The number of piperidine rings is 1. The summed E-state index contributed by atoms with van der Waals surface area (Å²) < 4.78 is 11.4. The Balaban J connectivity index is 1.03. The quantitative estimate of drug-likeness (QED) is 0.244. The van der Waals surface area contributed by atoms with Gasteiger partial charge in [-0.2, -0.15) is 0 Å². The van der Waals surface area contributed by atoms with Crippen LogP contribution in [0.15, 0.2) is 42.7 Å². The predicted molar refractivity (Wildman–Crippen MR) is 191 cm³/mol. The first-order valence-corrected chi connectivity index (χ1v) is 19.2. The molecular weight excluding hydrogens is 637 g/mol. The molecule has 2 aromatic heterocycles. The Morgan fingerprint density at radius 1 is 0.918 bits per heavy atom. The van der Waals surface area contributed by atoms with Crippen molar-refractivity contribution in [3.8, 4) is 16.2 Å². The van der Waals surface area contributed by atoms with Crippen LogP contribution < -0.4 is 9.64 Å². The first-order chi connectivity index (χ1) is 23.8. The average Bonchev–Trinajstić information content (AvgIpc) is 3.86. The van der Waals surface area contributed by atoms with Crippen LogP contribution in [0, 0.1) is 18.8 Å². The van der Waals surface area contributed by atoms with Crippen molar-refractivity contribution in [2.75, 3.05) is 31.6 Å². The number of carbonyl (C=O) groups excluding carboxylic acids is 2. The van der Waals surface area contributed by atoms with Crippen molar-refractivity contribution >= 4 is 29.2 Å². The van der Waals surface area contributed by atoms with Gasteiger partial charge in [-0.05, 0) is 131 Å². The van der Waals surface area contributed by atoms with Crippen molar-refractivity contribution in [1.29, 1.82) is 0 Å². The second kappa shape index (κ2) is 15.2. The maximum Gasteiger partial charge on any atom is 0.410 e. The highest BCUT2D eigenvalue weighted by atomic mass is 32.1. The molecule has 0 radical (unpaired) electrons. The van der Waals surface area contributed by atoms with E-state index in [-0.39, 0.29) is 30.1 Å². The number of likely N-dealkylation sites (tertiary alicyclic amines) is 1. The molecule has 3 heterocycles. The minimum absolute atomic E-state index is 0.131. The third kappa shape index (κ3) is 8.12. The standard InChI is InChI=1S/C39H50N4O5S/c1-25-21-30(11-14-34(25)47-2)27-5-3-26(4-6-27)24-43(36-22-31(15-18-40-36)35-23-41-37(49-35)28-7-8-28)38(45)29-9-12-33(13-10-29)48-39(46)42-19-16-32(44)17-20-42/h11,14-15,18,21-23,26-29,32-33,44H,3-10,12-13,16-17,19-20,24H2,1-2H3. The molecule has 4 aliphatic rings. The lowest BCUT2D eigenvalue weighted by molar-refractivity contribution is -0.124. The molecule has 3 aliphatic carbocycles. The Morgan fingerprint density at radius 2 is 1.65 bits per heavy atom. The number of thiazole rings is 1. The zero-order valence-electron chi connectivity index (χ0n) is 28.9. The minimum Gasteiger partial charge on any atom is -0.496 e. The maximum atomic E-state index is 14.4. The number of nitrogens with zero attached hydrogens (tertiary/aromatic N) is 4. The molecule has 262 valence electrons. The van der Waals surface area contributed by atoms with Gasteiger partial charge in [0.2, 0.25) is 5.91 Å². The number of anilines is 1. The summed E-state index contributed by atoms with van der Waals surface area (Å²) in [6.45, 7) is 3.82. The van der Waals surface area contributed by atoms with E-state index in [0.717, 1.165) is 47.7 Å². The van der Waals surface area contributed by atoms with Gasteiger partial charge in [0.15, 0.2) is 0 Å². The van der Waals surface area contributed by atoms with Crippen LogP contribution in [0.2, 0.25) is 0 Å². The van der Waals surface area contributed by atoms with E-state index in [1.165, 1.54) is 29.0 Å². The second-order valence-electron chi connectivity index (χ2n) is 14.7. The number of pyridine rings is 1. The highest BCUT2D eigenvalue weighted by molar-refractivity contribution is 7.15. The monoisotopic (exact) mass is 686 g/mol. The summed E-state index contributed by atoms with van der Waals surface area (Å²) >= 11 is 1.76. The number of aryl methyl sites for hydroxylation is 1. The van der Waals surface area contributed by atoms with Crippen molar-refractivity contribution in [2.24, 2.45) is 11.8 Å². The van der Waals surface area contributed by atoms with Gasteiger partial charge in [-0.1, -0.05) is 12.1 Å². The van der Waals surface area contributed by atoms with E-state index in [4.69, 9.17) is 19.4 Å². The van der Waals surface area contributed by atoms with Gasteiger partial charge in [-0.15, -0.1) is 11.3 Å². The smallest absolute Gasteiger partial charge is 0.410 e. The Morgan fingerprint density at radius 3 is 2.35 bits per heavy atom. The molecular formula is C39H50N4O5S. The Hall–Kier alpha value is -3.50. The van der Waals surface area contributed by atoms with Gasteiger partial charge in [-0.25, -0.2) is 14.8 Å². The lowest BCUT2D eigenvalue weighted by atomic mass is 9.78. The number of methoxy groups -OCH3 is 1. The van der Waals surface area contributed by atoms with E-state index in [1.807, 2.05) is 23.4 Å². The molecule has 0 atom stereocenters. The van der Waals surface area contributed by atoms with Crippen LogP contribution in [0.25, 0.3) is 10.4 Å². The molecule has 3 aromatic rings. The van der Waals surface area contributed by atoms with Crippen LogP contribution in [-0.2, 0) is 9.53 Å². The molecule has 0 spiro atoms. The molecule has 49 heavy (non-hydrogen) atoms. The fourth-order valence-electron chi connectivity index (χ4n) is 7.96. The van der Waals surface area contributed by atoms with Crippen LogP contribution in [0.5, 0.6) is 5.75 Å². The molecule has 2 amide bonds. The number of carbonyl (C=O) groups is 2. The molecule has 1 aliphatic heterocycles. The number of amides is 2. The van der Waals surface area contributed by atoms with Gasteiger partial charge in [0.1, 0.15) is 17.7 Å². The summed E-state index contributed by atoms with van der Waals surface area (Å²) in [6, 6.07) is 10.7.